The summed E-state index contributed by atoms with van der Waals surface area (Å²) >= 11 is 0. The van der Waals surface area contributed by atoms with Crippen molar-refractivity contribution in [1.82, 2.24) is 5.32 Å². The fourth-order valence-corrected chi connectivity index (χ4v) is 3.38. The third-order valence-corrected chi connectivity index (χ3v) is 4.79. The highest BCUT2D eigenvalue weighted by atomic mass is 16.2. The number of nitrogens with one attached hydrogen (secondary N) is 2. The Morgan fingerprint density at radius 1 is 0.963 bits per heavy atom. The van der Waals surface area contributed by atoms with E-state index in [1.807, 2.05) is 6.07 Å². The second-order valence-electron chi connectivity index (χ2n) is 6.58. The Morgan fingerprint density at radius 3 is 2.44 bits per heavy atom. The molecular weight excluding hydrogens is 344 g/mol. The number of anilines is 3. The molecule has 0 aromatic heterocycles. The highest BCUT2D eigenvalue weighted by Gasteiger charge is 2.23. The van der Waals surface area contributed by atoms with Crippen LogP contribution in [0.4, 0.5) is 21.9 Å². The minimum atomic E-state index is -0.241. The first-order valence-corrected chi connectivity index (χ1v) is 8.99. The molecule has 0 bridgehead atoms. The molecule has 2 aromatic rings. The summed E-state index contributed by atoms with van der Waals surface area (Å²) in [4.78, 5) is 39.5. The van der Waals surface area contributed by atoms with Crippen molar-refractivity contribution in [2.45, 2.75) is 12.8 Å². The van der Waals surface area contributed by atoms with Crippen molar-refractivity contribution >= 4 is 34.9 Å². The van der Waals surface area contributed by atoms with Crippen molar-refractivity contribution in [2.24, 2.45) is 0 Å². The van der Waals surface area contributed by atoms with Crippen LogP contribution in [0.25, 0.3) is 0 Å². The molecule has 7 nitrogen and oxygen atoms in total. The second-order valence-corrected chi connectivity index (χ2v) is 6.58. The second kappa shape index (κ2) is 7.11. The van der Waals surface area contributed by atoms with Crippen LogP contribution in [0, 0.1) is 0 Å². The number of benzene rings is 2. The van der Waals surface area contributed by atoms with E-state index in [-0.39, 0.29) is 17.8 Å². The number of hydrogen-bond donors (Lipinski definition) is 2. The van der Waals surface area contributed by atoms with Gasteiger partial charge >= 0.3 is 6.03 Å². The summed E-state index contributed by atoms with van der Waals surface area (Å²) in [5, 5.41) is 5.61. The van der Waals surface area contributed by atoms with Crippen LogP contribution in [-0.2, 0) is 4.79 Å². The molecule has 2 aromatic carbocycles. The van der Waals surface area contributed by atoms with Crippen molar-refractivity contribution in [3.63, 3.8) is 0 Å². The summed E-state index contributed by atoms with van der Waals surface area (Å²) in [7, 11) is 0. The van der Waals surface area contributed by atoms with Crippen LogP contribution >= 0.6 is 0 Å². The molecule has 2 saturated heterocycles. The summed E-state index contributed by atoms with van der Waals surface area (Å²) in [6, 6.07) is 14.1. The Labute approximate surface area is 157 Å². The molecular formula is C20H20N4O3. The van der Waals surface area contributed by atoms with Gasteiger partial charge in [-0.05, 0) is 48.9 Å². The molecule has 2 aliphatic rings. The van der Waals surface area contributed by atoms with Gasteiger partial charge in [-0.15, -0.1) is 0 Å². The van der Waals surface area contributed by atoms with Gasteiger partial charge in [-0.1, -0.05) is 6.07 Å². The van der Waals surface area contributed by atoms with Crippen LogP contribution in [0.15, 0.2) is 48.5 Å². The molecule has 0 unspecified atom stereocenters. The smallest absolute Gasteiger partial charge is 0.321 e. The molecule has 4 rings (SSSR count). The lowest BCUT2D eigenvalue weighted by molar-refractivity contribution is -0.117. The zero-order valence-corrected chi connectivity index (χ0v) is 14.8. The molecule has 2 fully saturated rings. The summed E-state index contributed by atoms with van der Waals surface area (Å²) in [6.45, 7) is 1.95. The first-order chi connectivity index (χ1) is 13.1. The zero-order valence-electron chi connectivity index (χ0n) is 14.8. The van der Waals surface area contributed by atoms with Gasteiger partial charge in [0.2, 0.25) is 5.91 Å². The Kier molecular flexibility index (Phi) is 4.50. The summed E-state index contributed by atoms with van der Waals surface area (Å²) in [6.07, 6.45) is 1.40. The molecule has 2 N–H and O–H groups in total. The van der Waals surface area contributed by atoms with E-state index in [1.165, 1.54) is 0 Å². The van der Waals surface area contributed by atoms with E-state index < -0.39 is 0 Å². The number of amides is 4. The average molecular weight is 364 g/mol. The summed E-state index contributed by atoms with van der Waals surface area (Å²) < 4.78 is 0. The molecule has 4 amide bonds. The van der Waals surface area contributed by atoms with Gasteiger partial charge in [0.05, 0.1) is 0 Å². The SMILES string of the molecule is O=C(Nc1ccc(N2CCNC2=O)cc1)c1cccc(N2CCCC2=O)c1. The average Bonchev–Trinajstić information content (AvgIpc) is 3.30. The highest BCUT2D eigenvalue weighted by molar-refractivity contribution is 6.06. The van der Waals surface area contributed by atoms with E-state index in [4.69, 9.17) is 0 Å². The number of nitrogens with zero attached hydrogens (tertiary/aromatic N) is 2. The van der Waals surface area contributed by atoms with Crippen molar-refractivity contribution in [3.05, 3.63) is 54.1 Å². The number of carbonyl (C=O) groups is 3. The predicted octanol–water partition coefficient (Wildman–Crippen LogP) is 2.60. The van der Waals surface area contributed by atoms with Crippen LogP contribution in [-0.4, -0.2) is 37.5 Å². The normalized spacial score (nSPS) is 16.6. The number of hydrogen-bond acceptors (Lipinski definition) is 3. The molecule has 7 heteroatoms. The van der Waals surface area contributed by atoms with E-state index in [2.05, 4.69) is 10.6 Å². The van der Waals surface area contributed by atoms with Crippen LogP contribution in [0.2, 0.25) is 0 Å². The van der Waals surface area contributed by atoms with Gasteiger partial charge in [0.25, 0.3) is 5.91 Å². The van der Waals surface area contributed by atoms with Gasteiger partial charge in [-0.25, -0.2) is 4.79 Å². The molecule has 27 heavy (non-hydrogen) atoms. The van der Waals surface area contributed by atoms with E-state index in [0.29, 0.717) is 37.3 Å². The zero-order chi connectivity index (χ0) is 18.8. The maximum Gasteiger partial charge on any atom is 0.321 e. The summed E-state index contributed by atoms with van der Waals surface area (Å²) in [5.41, 5.74) is 2.68. The minimum Gasteiger partial charge on any atom is -0.336 e. The maximum atomic E-state index is 12.6. The monoisotopic (exact) mass is 364 g/mol. The standard InChI is InChI=1S/C20H20N4O3/c25-18-5-2-11-23(18)17-4-1-3-14(13-17)19(26)22-15-6-8-16(9-7-15)24-12-10-21-20(24)27/h1,3-4,6-9,13H,2,5,10-12H2,(H,21,27)(H,22,26). The molecule has 0 spiro atoms. The maximum absolute atomic E-state index is 12.6. The third kappa shape index (κ3) is 3.48. The largest absolute Gasteiger partial charge is 0.336 e. The lowest BCUT2D eigenvalue weighted by Crippen LogP contribution is -2.27. The molecule has 2 aliphatic heterocycles. The van der Waals surface area contributed by atoms with Crippen molar-refractivity contribution in [3.8, 4) is 0 Å². The van der Waals surface area contributed by atoms with Crippen LogP contribution in [0.3, 0.4) is 0 Å². The fourth-order valence-electron chi connectivity index (χ4n) is 3.38. The Morgan fingerprint density at radius 2 is 1.78 bits per heavy atom. The van der Waals surface area contributed by atoms with Gasteiger partial charge in [-0.3, -0.25) is 14.5 Å². The molecule has 138 valence electrons. The third-order valence-electron chi connectivity index (χ3n) is 4.79. The highest BCUT2D eigenvalue weighted by Crippen LogP contribution is 2.23. The van der Waals surface area contributed by atoms with Crippen molar-refractivity contribution in [1.29, 1.82) is 0 Å². The summed E-state index contributed by atoms with van der Waals surface area (Å²) in [5.74, 6) is -0.149. The fraction of sp³-hybridized carbons (Fsp3) is 0.250. The van der Waals surface area contributed by atoms with Crippen molar-refractivity contribution in [2.75, 3.05) is 34.8 Å². The lowest BCUT2D eigenvalue weighted by Gasteiger charge is -2.17. The molecule has 0 saturated carbocycles. The van der Waals surface area contributed by atoms with Gasteiger partial charge < -0.3 is 15.5 Å². The minimum absolute atomic E-state index is 0.0918. The van der Waals surface area contributed by atoms with Crippen LogP contribution in [0.1, 0.15) is 23.2 Å². The lowest BCUT2D eigenvalue weighted by atomic mass is 10.1. The Hall–Kier alpha value is -3.35. The number of rotatable bonds is 4. The molecule has 2 heterocycles. The number of carbonyl (C=O) groups excluding carboxylic acids is 3. The Bertz CT molecular complexity index is 894. The first kappa shape index (κ1) is 17.1. The Balaban J connectivity index is 1.46. The van der Waals surface area contributed by atoms with Crippen molar-refractivity contribution < 1.29 is 14.4 Å². The van der Waals surface area contributed by atoms with Gasteiger partial charge in [0.1, 0.15) is 0 Å². The molecule has 0 atom stereocenters. The van der Waals surface area contributed by atoms with Crippen LogP contribution < -0.4 is 20.4 Å². The number of urea groups is 1. The van der Waals surface area contributed by atoms with E-state index in [1.54, 1.807) is 52.3 Å². The van der Waals surface area contributed by atoms with Gasteiger partial charge in [-0.2, -0.15) is 0 Å². The van der Waals surface area contributed by atoms with E-state index in [0.717, 1.165) is 17.8 Å². The van der Waals surface area contributed by atoms with E-state index >= 15 is 0 Å². The topological polar surface area (TPSA) is 81.8 Å². The quantitative estimate of drug-likeness (QED) is 0.875. The van der Waals surface area contributed by atoms with E-state index in [9.17, 15) is 14.4 Å². The van der Waals surface area contributed by atoms with Gasteiger partial charge in [0.15, 0.2) is 0 Å². The first-order valence-electron chi connectivity index (χ1n) is 8.99. The predicted molar refractivity (Wildman–Crippen MR) is 103 cm³/mol. The molecule has 0 aliphatic carbocycles. The van der Waals surface area contributed by atoms with Crippen LogP contribution in [0.5, 0.6) is 0 Å². The molecule has 0 radical (unpaired) electrons. The van der Waals surface area contributed by atoms with Gasteiger partial charge in [0, 0.05) is 48.7 Å².